The number of benzene rings is 2. The highest BCUT2D eigenvalue weighted by atomic mass is 16.6. The van der Waals surface area contributed by atoms with Crippen LogP contribution in [0.25, 0.3) is 45.4 Å². The van der Waals surface area contributed by atoms with E-state index in [0.717, 1.165) is 17.0 Å². The Kier molecular flexibility index (Phi) is 5.83. The molecule has 0 fully saturated rings. The smallest absolute Gasteiger partial charge is 0.270 e. The molecule has 0 aliphatic rings. The van der Waals surface area contributed by atoms with Crippen LogP contribution in [0.5, 0.6) is 0 Å². The molecule has 0 saturated heterocycles. The van der Waals surface area contributed by atoms with Crippen molar-refractivity contribution in [1.82, 2.24) is 19.9 Å². The number of pyridine rings is 2. The first kappa shape index (κ1) is 22.7. The molecule has 4 aromatic heterocycles. The number of non-ortho nitro benzene ring substituents is 1. The van der Waals surface area contributed by atoms with E-state index in [-0.39, 0.29) is 5.69 Å². The molecule has 0 aliphatic carbocycles. The summed E-state index contributed by atoms with van der Waals surface area (Å²) < 4.78 is 11.2. The third kappa shape index (κ3) is 4.73. The third-order valence-corrected chi connectivity index (χ3v) is 5.22. The maximum absolute atomic E-state index is 10.7. The van der Waals surface area contributed by atoms with E-state index in [1.165, 1.54) is 12.1 Å². The number of hydrogen-bond donors (Lipinski definition) is 1. The number of nitro benzene ring substituents is 1. The van der Waals surface area contributed by atoms with Gasteiger partial charge in [-0.1, -0.05) is 12.1 Å². The molecule has 4 heterocycles. The largest absolute Gasteiger partial charge is 0.434 e. The summed E-state index contributed by atoms with van der Waals surface area (Å²) in [7, 11) is 0. The molecule has 0 saturated carbocycles. The summed E-state index contributed by atoms with van der Waals surface area (Å²) in [6.07, 6.45) is 0. The van der Waals surface area contributed by atoms with E-state index in [2.05, 4.69) is 19.9 Å². The van der Waals surface area contributed by atoms with Crippen LogP contribution in [-0.2, 0) is 0 Å². The first-order valence-corrected chi connectivity index (χ1v) is 10.9. The van der Waals surface area contributed by atoms with E-state index in [0.29, 0.717) is 45.5 Å². The molecule has 6 rings (SSSR count). The van der Waals surface area contributed by atoms with Crippen LogP contribution in [0.4, 0.5) is 11.4 Å². The Morgan fingerprint density at radius 1 is 0.722 bits per heavy atom. The lowest BCUT2D eigenvalue weighted by atomic mass is 10.2. The van der Waals surface area contributed by atoms with Crippen molar-refractivity contribution in [2.75, 3.05) is 5.73 Å². The second-order valence-electron chi connectivity index (χ2n) is 8.02. The van der Waals surface area contributed by atoms with Crippen molar-refractivity contribution in [2.24, 2.45) is 0 Å². The Balaban J connectivity index is 0.000000149. The summed E-state index contributed by atoms with van der Waals surface area (Å²) in [4.78, 5) is 27.4. The Bertz CT molecular complexity index is 1720. The number of nitro groups is 1. The van der Waals surface area contributed by atoms with Gasteiger partial charge in [0, 0.05) is 40.3 Å². The maximum atomic E-state index is 10.7. The van der Waals surface area contributed by atoms with Gasteiger partial charge >= 0.3 is 0 Å². The van der Waals surface area contributed by atoms with Gasteiger partial charge in [-0.15, -0.1) is 0 Å². The van der Waals surface area contributed by atoms with Crippen LogP contribution in [0.1, 0.15) is 11.4 Å². The number of oxazole rings is 2. The molecule has 10 heteroatoms. The predicted octanol–water partition coefficient (Wildman–Crippen LogP) is 5.89. The normalized spacial score (nSPS) is 10.8. The monoisotopic (exact) mass is 480 g/mol. The van der Waals surface area contributed by atoms with Gasteiger partial charge in [-0.25, -0.2) is 9.97 Å². The Hall–Kier alpha value is -5.12. The zero-order chi connectivity index (χ0) is 25.2. The molecule has 178 valence electrons. The lowest BCUT2D eigenvalue weighted by Gasteiger charge is -1.95. The van der Waals surface area contributed by atoms with Crippen LogP contribution in [0.3, 0.4) is 0 Å². The zero-order valence-corrected chi connectivity index (χ0v) is 19.4. The Morgan fingerprint density at radius 2 is 1.25 bits per heavy atom. The molecule has 10 nitrogen and oxygen atoms in total. The van der Waals surface area contributed by atoms with E-state index in [9.17, 15) is 10.1 Å². The first-order valence-electron chi connectivity index (χ1n) is 10.9. The highest BCUT2D eigenvalue weighted by molar-refractivity contribution is 5.74. The summed E-state index contributed by atoms with van der Waals surface area (Å²) in [5, 5.41) is 10.7. The van der Waals surface area contributed by atoms with Crippen LogP contribution in [0.2, 0.25) is 0 Å². The molecule has 6 aromatic rings. The number of nitrogens with zero attached hydrogens (tertiary/aromatic N) is 5. The second kappa shape index (κ2) is 9.26. The molecule has 0 spiro atoms. The maximum Gasteiger partial charge on any atom is 0.270 e. The number of fused-ring (bicyclic) bond motifs is 2. The van der Waals surface area contributed by atoms with Gasteiger partial charge < -0.3 is 14.6 Å². The number of nitrogens with two attached hydrogens (primary N) is 1. The van der Waals surface area contributed by atoms with Crippen LogP contribution < -0.4 is 5.73 Å². The number of aryl methyl sites for hydroxylation is 2. The minimum atomic E-state index is -0.450. The molecular weight excluding hydrogens is 460 g/mol. The summed E-state index contributed by atoms with van der Waals surface area (Å²) in [5.41, 5.74) is 12.0. The van der Waals surface area contributed by atoms with Gasteiger partial charge in [0.25, 0.3) is 5.69 Å². The van der Waals surface area contributed by atoms with Crippen molar-refractivity contribution in [3.63, 3.8) is 0 Å². The van der Waals surface area contributed by atoms with E-state index < -0.39 is 4.92 Å². The third-order valence-electron chi connectivity index (χ3n) is 5.22. The van der Waals surface area contributed by atoms with Gasteiger partial charge in [-0.05, 0) is 62.4 Å². The van der Waals surface area contributed by atoms with E-state index >= 15 is 0 Å². The molecule has 0 amide bonds. The number of anilines is 1. The number of rotatable bonds is 3. The zero-order valence-electron chi connectivity index (χ0n) is 19.4. The lowest BCUT2D eigenvalue weighted by molar-refractivity contribution is -0.384. The summed E-state index contributed by atoms with van der Waals surface area (Å²) in [5.74, 6) is 0.877. The van der Waals surface area contributed by atoms with Gasteiger partial charge in [-0.2, -0.15) is 9.97 Å². The van der Waals surface area contributed by atoms with Gasteiger partial charge in [0.2, 0.25) is 11.8 Å². The molecule has 2 aromatic carbocycles. The Morgan fingerprint density at radius 3 is 1.78 bits per heavy atom. The van der Waals surface area contributed by atoms with E-state index in [4.69, 9.17) is 14.6 Å². The second-order valence-corrected chi connectivity index (χ2v) is 8.02. The van der Waals surface area contributed by atoms with Crippen molar-refractivity contribution >= 4 is 33.8 Å². The lowest BCUT2D eigenvalue weighted by Crippen LogP contribution is -1.88. The SMILES string of the molecule is Cc1ccc2oc(-c3cccc(N)c3)nc2n1.Cc1ccc2oc(-c3cccc([N+](=O)[O-])c3)nc2n1. The quantitative estimate of drug-likeness (QED) is 0.186. The van der Waals surface area contributed by atoms with Crippen molar-refractivity contribution in [3.8, 4) is 22.9 Å². The van der Waals surface area contributed by atoms with Crippen LogP contribution in [-0.4, -0.2) is 24.9 Å². The van der Waals surface area contributed by atoms with Crippen LogP contribution in [0, 0.1) is 24.0 Å². The topological polar surface area (TPSA) is 147 Å². The fraction of sp³-hybridized carbons (Fsp3) is 0.0769. The Labute approximate surface area is 204 Å². The van der Waals surface area contributed by atoms with Crippen LogP contribution in [0.15, 0.2) is 81.6 Å². The van der Waals surface area contributed by atoms with E-state index in [1.807, 2.05) is 56.3 Å². The average Bonchev–Trinajstić information content (AvgIpc) is 3.48. The molecule has 0 unspecified atom stereocenters. The van der Waals surface area contributed by atoms with E-state index in [1.54, 1.807) is 18.2 Å². The number of aromatic nitrogens is 4. The van der Waals surface area contributed by atoms with Crippen molar-refractivity contribution in [2.45, 2.75) is 13.8 Å². The highest BCUT2D eigenvalue weighted by Gasteiger charge is 2.13. The summed E-state index contributed by atoms with van der Waals surface area (Å²) >= 11 is 0. The van der Waals surface area contributed by atoms with Crippen molar-refractivity contribution in [3.05, 3.63) is 94.3 Å². The molecule has 0 aliphatic heterocycles. The van der Waals surface area contributed by atoms with Gasteiger partial charge in [0.15, 0.2) is 22.5 Å². The van der Waals surface area contributed by atoms with Gasteiger partial charge in [0.05, 0.1) is 4.92 Å². The standard InChI is InChI=1S/C13H9N3O3.C13H11N3O/c1-8-5-6-11-12(14-8)15-13(19-11)9-3-2-4-10(7-9)16(17)18;1-8-5-6-11-12(15-8)16-13(17-11)9-3-2-4-10(14)7-9/h2-7H,1H3;2-7H,14H2,1H3. The predicted molar refractivity (Wildman–Crippen MR) is 135 cm³/mol. The number of nitrogen functional groups attached to an aromatic ring is 1. The average molecular weight is 480 g/mol. The molecular formula is C26H20N6O4. The molecule has 0 radical (unpaired) electrons. The number of hydrogen-bond acceptors (Lipinski definition) is 9. The minimum Gasteiger partial charge on any atom is -0.434 e. The van der Waals surface area contributed by atoms with Crippen molar-refractivity contribution in [1.29, 1.82) is 0 Å². The fourth-order valence-electron chi connectivity index (χ4n) is 3.50. The molecule has 36 heavy (non-hydrogen) atoms. The highest BCUT2D eigenvalue weighted by Crippen LogP contribution is 2.26. The minimum absolute atomic E-state index is 0.00361. The van der Waals surface area contributed by atoms with Gasteiger partial charge in [0.1, 0.15) is 0 Å². The molecule has 0 atom stereocenters. The van der Waals surface area contributed by atoms with Crippen LogP contribution >= 0.6 is 0 Å². The van der Waals surface area contributed by atoms with Crippen molar-refractivity contribution < 1.29 is 13.8 Å². The molecule has 2 N–H and O–H groups in total. The summed E-state index contributed by atoms with van der Waals surface area (Å²) in [6, 6.07) is 21.0. The first-order chi connectivity index (χ1) is 17.4. The van der Waals surface area contributed by atoms with Gasteiger partial charge in [-0.3, -0.25) is 10.1 Å². The fourth-order valence-corrected chi connectivity index (χ4v) is 3.50. The summed E-state index contributed by atoms with van der Waals surface area (Å²) in [6.45, 7) is 3.79. The molecule has 0 bridgehead atoms.